The van der Waals surface area contributed by atoms with Crippen molar-refractivity contribution in [2.75, 3.05) is 33.5 Å². The van der Waals surface area contributed by atoms with E-state index in [9.17, 15) is 0 Å². The molecular formula is C14H23N3O2. The molecule has 1 aliphatic heterocycles. The Morgan fingerprint density at radius 2 is 2.16 bits per heavy atom. The van der Waals surface area contributed by atoms with Gasteiger partial charge in [-0.2, -0.15) is 0 Å². The molecule has 0 atom stereocenters. The Hall–Kier alpha value is -1.04. The van der Waals surface area contributed by atoms with Crippen LogP contribution < -0.4 is 5.32 Å². The summed E-state index contributed by atoms with van der Waals surface area (Å²) in [6.07, 6.45) is 2.06. The van der Waals surface area contributed by atoms with Crippen molar-refractivity contribution < 1.29 is 9.47 Å². The predicted octanol–water partition coefficient (Wildman–Crippen LogP) is 1.42. The zero-order valence-electron chi connectivity index (χ0n) is 11.8. The molecule has 1 fully saturated rings. The van der Waals surface area contributed by atoms with Gasteiger partial charge in [0.1, 0.15) is 5.82 Å². The van der Waals surface area contributed by atoms with Crippen LogP contribution in [0.15, 0.2) is 6.07 Å². The average molecular weight is 265 g/mol. The number of methoxy groups -OCH3 is 1. The number of ether oxygens (including phenoxy) is 2. The lowest BCUT2D eigenvalue weighted by molar-refractivity contribution is 0.0835. The second-order valence-corrected chi connectivity index (χ2v) is 4.92. The molecule has 1 aromatic rings. The first-order valence-electron chi connectivity index (χ1n) is 6.91. The van der Waals surface area contributed by atoms with Gasteiger partial charge in [-0.15, -0.1) is 0 Å². The molecule has 0 unspecified atom stereocenters. The van der Waals surface area contributed by atoms with Crippen molar-refractivity contribution in [3.63, 3.8) is 0 Å². The number of aryl methyl sites for hydroxylation is 1. The summed E-state index contributed by atoms with van der Waals surface area (Å²) in [6.45, 7) is 6.00. The fourth-order valence-electron chi connectivity index (χ4n) is 2.28. The summed E-state index contributed by atoms with van der Waals surface area (Å²) in [4.78, 5) is 9.27. The second kappa shape index (κ2) is 7.53. The Kier molecular flexibility index (Phi) is 5.69. The first-order valence-corrected chi connectivity index (χ1v) is 6.91. The molecule has 0 spiro atoms. The van der Waals surface area contributed by atoms with Crippen LogP contribution in [-0.2, 0) is 16.0 Å². The van der Waals surface area contributed by atoms with Crippen LogP contribution in [0.3, 0.4) is 0 Å². The molecule has 106 valence electrons. The first-order chi connectivity index (χ1) is 9.29. The molecule has 19 heavy (non-hydrogen) atoms. The van der Waals surface area contributed by atoms with Gasteiger partial charge in [-0.1, -0.05) is 0 Å². The SMILES string of the molecule is COCCNCc1cc(C)nc(C2CCOCC2)n1. The Balaban J connectivity index is 1.97. The molecule has 1 aromatic heterocycles. The summed E-state index contributed by atoms with van der Waals surface area (Å²) in [6, 6.07) is 2.04. The van der Waals surface area contributed by atoms with Crippen LogP contribution in [0.5, 0.6) is 0 Å². The lowest BCUT2D eigenvalue weighted by atomic mass is 9.99. The maximum atomic E-state index is 5.39. The van der Waals surface area contributed by atoms with Gasteiger partial charge in [0.2, 0.25) is 0 Å². The largest absolute Gasteiger partial charge is 0.383 e. The van der Waals surface area contributed by atoms with Crippen molar-refractivity contribution in [1.82, 2.24) is 15.3 Å². The third-order valence-corrected chi connectivity index (χ3v) is 3.30. The van der Waals surface area contributed by atoms with E-state index >= 15 is 0 Å². The summed E-state index contributed by atoms with van der Waals surface area (Å²) in [5.74, 6) is 1.43. The van der Waals surface area contributed by atoms with E-state index in [1.54, 1.807) is 7.11 Å². The monoisotopic (exact) mass is 265 g/mol. The van der Waals surface area contributed by atoms with Gasteiger partial charge in [-0.25, -0.2) is 9.97 Å². The van der Waals surface area contributed by atoms with Gasteiger partial charge in [0, 0.05) is 45.0 Å². The lowest BCUT2D eigenvalue weighted by Crippen LogP contribution is -2.21. The van der Waals surface area contributed by atoms with E-state index in [1.807, 2.05) is 13.0 Å². The number of nitrogens with zero attached hydrogens (tertiary/aromatic N) is 2. The Morgan fingerprint density at radius 3 is 2.89 bits per heavy atom. The van der Waals surface area contributed by atoms with Crippen molar-refractivity contribution in [3.8, 4) is 0 Å². The second-order valence-electron chi connectivity index (χ2n) is 4.92. The number of rotatable bonds is 6. The van der Waals surface area contributed by atoms with Crippen molar-refractivity contribution in [2.24, 2.45) is 0 Å². The molecule has 0 saturated carbocycles. The quantitative estimate of drug-likeness (QED) is 0.788. The normalized spacial score (nSPS) is 16.7. The van der Waals surface area contributed by atoms with Crippen LogP contribution >= 0.6 is 0 Å². The maximum absolute atomic E-state index is 5.39. The molecule has 5 nitrogen and oxygen atoms in total. The van der Waals surface area contributed by atoms with E-state index in [2.05, 4.69) is 15.3 Å². The summed E-state index contributed by atoms with van der Waals surface area (Å²) in [7, 11) is 1.71. The zero-order chi connectivity index (χ0) is 13.5. The maximum Gasteiger partial charge on any atom is 0.132 e. The molecule has 0 bridgehead atoms. The number of hydrogen-bond acceptors (Lipinski definition) is 5. The standard InChI is InChI=1S/C14H23N3O2/c1-11-9-13(10-15-5-8-18-2)17-14(16-11)12-3-6-19-7-4-12/h9,12,15H,3-8,10H2,1-2H3. The lowest BCUT2D eigenvalue weighted by Gasteiger charge is -2.21. The van der Waals surface area contributed by atoms with Crippen molar-refractivity contribution in [2.45, 2.75) is 32.2 Å². The minimum absolute atomic E-state index is 0.450. The van der Waals surface area contributed by atoms with Gasteiger partial charge in [-0.05, 0) is 25.8 Å². The minimum atomic E-state index is 0.450. The van der Waals surface area contributed by atoms with Crippen LogP contribution in [0.25, 0.3) is 0 Å². The molecular weight excluding hydrogens is 242 g/mol. The van der Waals surface area contributed by atoms with Gasteiger partial charge in [0.05, 0.1) is 12.3 Å². The van der Waals surface area contributed by atoms with Gasteiger partial charge < -0.3 is 14.8 Å². The van der Waals surface area contributed by atoms with Crippen molar-refractivity contribution in [1.29, 1.82) is 0 Å². The minimum Gasteiger partial charge on any atom is -0.383 e. The Labute approximate surface area is 114 Å². The zero-order valence-corrected chi connectivity index (χ0v) is 11.8. The first kappa shape index (κ1) is 14.4. The smallest absolute Gasteiger partial charge is 0.132 e. The molecule has 0 amide bonds. The highest BCUT2D eigenvalue weighted by atomic mass is 16.5. The van der Waals surface area contributed by atoms with E-state index in [1.165, 1.54) is 0 Å². The van der Waals surface area contributed by atoms with Crippen LogP contribution in [0, 0.1) is 6.92 Å². The highest BCUT2D eigenvalue weighted by Gasteiger charge is 2.19. The topological polar surface area (TPSA) is 56.3 Å². The van der Waals surface area contributed by atoms with Crippen LogP contribution in [-0.4, -0.2) is 43.4 Å². The predicted molar refractivity (Wildman–Crippen MR) is 73.1 cm³/mol. The Morgan fingerprint density at radius 1 is 1.37 bits per heavy atom. The van der Waals surface area contributed by atoms with Crippen LogP contribution in [0.2, 0.25) is 0 Å². The molecule has 2 heterocycles. The van der Waals surface area contributed by atoms with E-state index < -0.39 is 0 Å². The van der Waals surface area contributed by atoms with Gasteiger partial charge in [-0.3, -0.25) is 0 Å². The Bertz CT molecular complexity index is 392. The molecule has 0 radical (unpaired) electrons. The molecule has 0 aliphatic carbocycles. The van der Waals surface area contributed by atoms with Crippen molar-refractivity contribution >= 4 is 0 Å². The highest BCUT2D eigenvalue weighted by molar-refractivity contribution is 5.12. The molecule has 1 N–H and O–H groups in total. The molecule has 1 saturated heterocycles. The number of hydrogen-bond donors (Lipinski definition) is 1. The van der Waals surface area contributed by atoms with E-state index in [0.29, 0.717) is 5.92 Å². The summed E-state index contributed by atoms with van der Waals surface area (Å²) in [5.41, 5.74) is 2.10. The van der Waals surface area contributed by atoms with Gasteiger partial charge in [0.25, 0.3) is 0 Å². The fourth-order valence-corrected chi connectivity index (χ4v) is 2.28. The van der Waals surface area contributed by atoms with Crippen molar-refractivity contribution in [3.05, 3.63) is 23.3 Å². The summed E-state index contributed by atoms with van der Waals surface area (Å²) < 4.78 is 10.4. The molecule has 5 heteroatoms. The third-order valence-electron chi connectivity index (χ3n) is 3.30. The van der Waals surface area contributed by atoms with Crippen LogP contribution in [0.1, 0.15) is 36.0 Å². The highest BCUT2D eigenvalue weighted by Crippen LogP contribution is 2.24. The molecule has 0 aromatic carbocycles. The molecule has 2 rings (SSSR count). The van der Waals surface area contributed by atoms with E-state index in [0.717, 1.165) is 63.0 Å². The van der Waals surface area contributed by atoms with Crippen LogP contribution in [0.4, 0.5) is 0 Å². The average Bonchev–Trinajstić information content (AvgIpc) is 2.44. The third kappa shape index (κ3) is 4.53. The van der Waals surface area contributed by atoms with Gasteiger partial charge >= 0.3 is 0 Å². The number of aromatic nitrogens is 2. The fraction of sp³-hybridized carbons (Fsp3) is 0.714. The van der Waals surface area contributed by atoms with E-state index in [-0.39, 0.29) is 0 Å². The van der Waals surface area contributed by atoms with E-state index in [4.69, 9.17) is 9.47 Å². The summed E-state index contributed by atoms with van der Waals surface area (Å²) in [5, 5.41) is 3.32. The molecule has 1 aliphatic rings. The van der Waals surface area contributed by atoms with Gasteiger partial charge in [0.15, 0.2) is 0 Å². The summed E-state index contributed by atoms with van der Waals surface area (Å²) >= 11 is 0. The number of nitrogens with one attached hydrogen (secondary N) is 1.